The van der Waals surface area contributed by atoms with E-state index in [9.17, 15) is 14.9 Å². The van der Waals surface area contributed by atoms with Crippen LogP contribution in [0.5, 0.6) is 0 Å². The molecule has 1 unspecified atom stereocenters. The zero-order valence-electron chi connectivity index (χ0n) is 16.4. The third kappa shape index (κ3) is 7.28. The van der Waals surface area contributed by atoms with E-state index in [2.05, 4.69) is 34.0 Å². The molecule has 0 spiro atoms. The Labute approximate surface area is 179 Å². The number of benzene rings is 1. The Morgan fingerprint density at radius 1 is 1.39 bits per heavy atom. The molecule has 1 heterocycles. The van der Waals surface area contributed by atoms with Gasteiger partial charge in [0.05, 0.1) is 12.6 Å². The second-order valence-corrected chi connectivity index (χ2v) is 8.91. The first-order valence-electron chi connectivity index (χ1n) is 9.22. The smallest absolute Gasteiger partial charge is 0.410 e. The molecule has 1 aliphatic rings. The summed E-state index contributed by atoms with van der Waals surface area (Å²) in [5, 5.41) is 12.2. The molecule has 2 rings (SSSR count). The molecule has 1 N–H and O–H groups in total. The largest absolute Gasteiger partial charge is 0.444 e. The van der Waals surface area contributed by atoms with Crippen LogP contribution in [0.3, 0.4) is 0 Å². The average Bonchev–Trinajstić information content (AvgIpc) is 2.88. The van der Waals surface area contributed by atoms with Gasteiger partial charge in [-0.05, 0) is 67.5 Å². The van der Waals surface area contributed by atoms with E-state index in [0.717, 1.165) is 9.13 Å². The van der Waals surface area contributed by atoms with Crippen molar-refractivity contribution in [3.63, 3.8) is 0 Å². The SMILES string of the molecule is CC(C)(C)OC(=O)N1CCCO[C@H](C(=O)NC(C#N)Cc2ccc(I)cc2)C1. The number of rotatable bonds is 4. The van der Waals surface area contributed by atoms with Crippen LogP contribution < -0.4 is 5.32 Å². The standard InChI is InChI=1S/C20H26IN3O4/c1-20(2,3)28-19(26)24-9-4-10-27-17(13-24)18(25)23-16(12-22)11-14-5-7-15(21)8-6-14/h5-8,16-17H,4,9-11,13H2,1-3H3,(H,23,25)/t16?,17-/m0/s1. The number of hydrogen-bond donors (Lipinski definition) is 1. The van der Waals surface area contributed by atoms with E-state index in [4.69, 9.17) is 9.47 Å². The number of carbonyl (C=O) groups is 2. The van der Waals surface area contributed by atoms with Crippen LogP contribution in [-0.2, 0) is 20.7 Å². The molecule has 2 amide bonds. The van der Waals surface area contributed by atoms with E-state index < -0.39 is 29.7 Å². The minimum absolute atomic E-state index is 0.0996. The molecule has 152 valence electrons. The summed E-state index contributed by atoms with van der Waals surface area (Å²) in [6.07, 6.45) is -0.274. The quantitative estimate of drug-likeness (QED) is 0.644. The van der Waals surface area contributed by atoms with Gasteiger partial charge in [0.1, 0.15) is 11.6 Å². The highest BCUT2D eigenvalue weighted by Crippen LogP contribution is 2.14. The van der Waals surface area contributed by atoms with Crippen molar-refractivity contribution in [2.45, 2.75) is 51.4 Å². The topological polar surface area (TPSA) is 91.7 Å². The van der Waals surface area contributed by atoms with E-state index in [1.165, 1.54) is 4.90 Å². The predicted molar refractivity (Wildman–Crippen MR) is 113 cm³/mol. The molecule has 28 heavy (non-hydrogen) atoms. The summed E-state index contributed by atoms with van der Waals surface area (Å²) in [5.74, 6) is -0.396. The molecule has 0 radical (unpaired) electrons. The average molecular weight is 499 g/mol. The van der Waals surface area contributed by atoms with Gasteiger partial charge in [-0.1, -0.05) is 12.1 Å². The molecule has 0 bridgehead atoms. The molecular formula is C20H26IN3O4. The molecule has 1 aliphatic heterocycles. The highest BCUT2D eigenvalue weighted by atomic mass is 127. The summed E-state index contributed by atoms with van der Waals surface area (Å²) in [4.78, 5) is 26.5. The highest BCUT2D eigenvalue weighted by Gasteiger charge is 2.31. The zero-order chi connectivity index (χ0) is 20.7. The van der Waals surface area contributed by atoms with Gasteiger partial charge in [-0.3, -0.25) is 4.79 Å². The molecule has 7 nitrogen and oxygen atoms in total. The van der Waals surface area contributed by atoms with Gasteiger partial charge < -0.3 is 19.7 Å². The van der Waals surface area contributed by atoms with E-state index in [1.54, 1.807) is 20.8 Å². The first-order chi connectivity index (χ1) is 13.2. The van der Waals surface area contributed by atoms with Gasteiger partial charge in [0.15, 0.2) is 6.10 Å². The van der Waals surface area contributed by atoms with E-state index in [0.29, 0.717) is 26.0 Å². The molecule has 0 aromatic heterocycles. The maximum absolute atomic E-state index is 12.7. The Morgan fingerprint density at radius 2 is 2.07 bits per heavy atom. The van der Waals surface area contributed by atoms with Crippen molar-refractivity contribution in [2.24, 2.45) is 0 Å². The molecule has 8 heteroatoms. The number of carbonyl (C=O) groups excluding carboxylic acids is 2. The third-order valence-corrected chi connectivity index (χ3v) is 4.77. The Kier molecular flexibility index (Phi) is 8.07. The molecule has 1 aromatic carbocycles. The number of halogens is 1. The van der Waals surface area contributed by atoms with Crippen molar-refractivity contribution in [1.82, 2.24) is 10.2 Å². The fourth-order valence-corrected chi connectivity index (χ4v) is 3.09. The molecule has 0 saturated carbocycles. The molecule has 1 fully saturated rings. The Balaban J connectivity index is 1.97. The molecule has 0 aliphatic carbocycles. The van der Waals surface area contributed by atoms with Gasteiger partial charge >= 0.3 is 6.09 Å². The van der Waals surface area contributed by atoms with Crippen LogP contribution in [-0.4, -0.2) is 54.3 Å². The minimum Gasteiger partial charge on any atom is -0.444 e. The number of amides is 2. The Bertz CT molecular complexity index is 724. The van der Waals surface area contributed by atoms with Gasteiger partial charge in [-0.25, -0.2) is 4.79 Å². The summed E-state index contributed by atoms with van der Waals surface area (Å²) in [5.41, 5.74) is 0.353. The van der Waals surface area contributed by atoms with Crippen LogP contribution in [0, 0.1) is 14.9 Å². The summed E-state index contributed by atoms with van der Waals surface area (Å²) >= 11 is 2.21. The van der Waals surface area contributed by atoms with Crippen LogP contribution in [0.15, 0.2) is 24.3 Å². The van der Waals surface area contributed by atoms with Crippen molar-refractivity contribution in [1.29, 1.82) is 5.26 Å². The van der Waals surface area contributed by atoms with Crippen molar-refractivity contribution >= 4 is 34.6 Å². The maximum Gasteiger partial charge on any atom is 0.410 e. The number of nitrogens with zero attached hydrogens (tertiary/aromatic N) is 2. The normalized spacial score (nSPS) is 18.5. The third-order valence-electron chi connectivity index (χ3n) is 4.05. The maximum atomic E-state index is 12.7. The molecular weight excluding hydrogens is 473 g/mol. The van der Waals surface area contributed by atoms with Crippen LogP contribution >= 0.6 is 22.6 Å². The lowest BCUT2D eigenvalue weighted by Gasteiger charge is -2.27. The Hall–Kier alpha value is -1.86. The van der Waals surface area contributed by atoms with Gasteiger partial charge in [0.2, 0.25) is 0 Å². The van der Waals surface area contributed by atoms with E-state index in [-0.39, 0.29) is 6.54 Å². The first kappa shape index (κ1) is 22.4. The fraction of sp³-hybridized carbons (Fsp3) is 0.550. The van der Waals surface area contributed by atoms with Crippen LogP contribution in [0.2, 0.25) is 0 Å². The summed E-state index contributed by atoms with van der Waals surface area (Å²) in [6.45, 7) is 6.32. The number of ether oxygens (including phenoxy) is 2. The van der Waals surface area contributed by atoms with Gasteiger partial charge in [-0.15, -0.1) is 0 Å². The lowest BCUT2D eigenvalue weighted by molar-refractivity contribution is -0.133. The van der Waals surface area contributed by atoms with E-state index >= 15 is 0 Å². The Morgan fingerprint density at radius 3 is 2.68 bits per heavy atom. The lowest BCUT2D eigenvalue weighted by Crippen LogP contribution is -2.48. The van der Waals surface area contributed by atoms with Crippen LogP contribution in [0.1, 0.15) is 32.8 Å². The monoisotopic (exact) mass is 499 g/mol. The van der Waals surface area contributed by atoms with Crippen molar-refractivity contribution in [3.8, 4) is 6.07 Å². The predicted octanol–water partition coefficient (Wildman–Crippen LogP) is 2.87. The van der Waals surface area contributed by atoms with Crippen molar-refractivity contribution in [2.75, 3.05) is 19.7 Å². The lowest BCUT2D eigenvalue weighted by atomic mass is 10.1. The van der Waals surface area contributed by atoms with E-state index in [1.807, 2.05) is 24.3 Å². The summed E-state index contributed by atoms with van der Waals surface area (Å²) < 4.78 is 12.1. The highest BCUT2D eigenvalue weighted by molar-refractivity contribution is 14.1. The molecule has 2 atom stereocenters. The van der Waals surface area contributed by atoms with Crippen molar-refractivity contribution in [3.05, 3.63) is 33.4 Å². The van der Waals surface area contributed by atoms with Gasteiger partial charge in [-0.2, -0.15) is 5.26 Å². The fourth-order valence-electron chi connectivity index (χ4n) is 2.73. The van der Waals surface area contributed by atoms with Crippen molar-refractivity contribution < 1.29 is 19.1 Å². The van der Waals surface area contributed by atoms with Crippen LogP contribution in [0.25, 0.3) is 0 Å². The molecule has 1 saturated heterocycles. The number of nitriles is 1. The molecule has 1 aromatic rings. The first-order valence-corrected chi connectivity index (χ1v) is 10.3. The zero-order valence-corrected chi connectivity index (χ0v) is 18.6. The summed E-state index contributed by atoms with van der Waals surface area (Å²) in [6, 6.07) is 9.23. The van der Waals surface area contributed by atoms with Gasteiger partial charge in [0, 0.05) is 23.1 Å². The van der Waals surface area contributed by atoms with Gasteiger partial charge in [0.25, 0.3) is 5.91 Å². The summed E-state index contributed by atoms with van der Waals surface area (Å²) in [7, 11) is 0. The second-order valence-electron chi connectivity index (χ2n) is 7.66. The number of hydrogen-bond acceptors (Lipinski definition) is 5. The minimum atomic E-state index is -0.831. The number of nitrogens with one attached hydrogen (secondary N) is 1. The van der Waals surface area contributed by atoms with Crippen LogP contribution in [0.4, 0.5) is 4.79 Å². The second kappa shape index (κ2) is 10.1.